The molecule has 1 saturated heterocycles. The lowest BCUT2D eigenvalue weighted by Crippen LogP contribution is -2.43. The van der Waals surface area contributed by atoms with Gasteiger partial charge in [-0.25, -0.2) is 4.99 Å². The first-order chi connectivity index (χ1) is 9.79. The number of carbonyl (C=O) groups is 1. The van der Waals surface area contributed by atoms with E-state index in [1.807, 2.05) is 4.90 Å². The van der Waals surface area contributed by atoms with Crippen molar-refractivity contribution in [2.24, 2.45) is 4.99 Å². The molecular weight excluding hydrogens is 379 g/mol. The van der Waals surface area contributed by atoms with Crippen LogP contribution in [0.4, 0.5) is 0 Å². The summed E-state index contributed by atoms with van der Waals surface area (Å²) >= 11 is 0. The molecule has 2 fully saturated rings. The summed E-state index contributed by atoms with van der Waals surface area (Å²) < 4.78 is 0. The van der Waals surface area contributed by atoms with E-state index in [1.165, 1.54) is 32.1 Å². The lowest BCUT2D eigenvalue weighted by atomic mass is 10.1. The molecule has 6 heteroatoms. The number of halogens is 1. The predicted octanol–water partition coefficient (Wildman–Crippen LogP) is 2.11. The van der Waals surface area contributed by atoms with Gasteiger partial charge in [0.2, 0.25) is 5.91 Å². The first-order valence-electron chi connectivity index (χ1n) is 8.12. The Hall–Kier alpha value is -0.530. The van der Waals surface area contributed by atoms with Crippen LogP contribution in [0.2, 0.25) is 0 Å². The van der Waals surface area contributed by atoms with E-state index < -0.39 is 0 Å². The molecule has 1 saturated carbocycles. The van der Waals surface area contributed by atoms with Crippen molar-refractivity contribution < 1.29 is 4.79 Å². The number of nitrogens with one attached hydrogen (secondary N) is 2. The zero-order valence-corrected chi connectivity index (χ0v) is 15.4. The molecule has 0 aromatic rings. The highest BCUT2D eigenvalue weighted by atomic mass is 127. The summed E-state index contributed by atoms with van der Waals surface area (Å²) in [6.45, 7) is 4.96. The Bertz CT molecular complexity index is 337. The van der Waals surface area contributed by atoms with E-state index in [-0.39, 0.29) is 36.4 Å². The first kappa shape index (κ1) is 18.5. The number of piperidine rings is 1. The number of likely N-dealkylation sites (tertiary alicyclic amines) is 1. The smallest absolute Gasteiger partial charge is 0.244 e. The molecule has 0 aromatic carbocycles. The fourth-order valence-electron chi connectivity index (χ4n) is 2.97. The van der Waals surface area contributed by atoms with Crippen LogP contribution in [0.25, 0.3) is 0 Å². The summed E-state index contributed by atoms with van der Waals surface area (Å²) in [4.78, 5) is 18.5. The minimum absolute atomic E-state index is 0. The lowest BCUT2D eigenvalue weighted by Gasteiger charge is -2.26. The highest BCUT2D eigenvalue weighted by Crippen LogP contribution is 2.17. The number of guanidine groups is 1. The average molecular weight is 408 g/mol. The van der Waals surface area contributed by atoms with E-state index in [2.05, 4.69) is 22.5 Å². The Morgan fingerprint density at radius 1 is 1.14 bits per heavy atom. The van der Waals surface area contributed by atoms with Gasteiger partial charge in [-0.15, -0.1) is 24.0 Å². The molecule has 0 radical (unpaired) electrons. The van der Waals surface area contributed by atoms with Gasteiger partial charge >= 0.3 is 0 Å². The average Bonchev–Trinajstić information content (AvgIpc) is 2.98. The molecule has 0 atom stereocenters. The van der Waals surface area contributed by atoms with Crippen LogP contribution >= 0.6 is 24.0 Å². The zero-order valence-electron chi connectivity index (χ0n) is 13.1. The molecule has 1 amide bonds. The van der Waals surface area contributed by atoms with Gasteiger partial charge in [-0.3, -0.25) is 4.79 Å². The predicted molar refractivity (Wildman–Crippen MR) is 97.2 cm³/mol. The van der Waals surface area contributed by atoms with Gasteiger partial charge < -0.3 is 15.5 Å². The molecule has 21 heavy (non-hydrogen) atoms. The van der Waals surface area contributed by atoms with Crippen LogP contribution in [0.3, 0.4) is 0 Å². The van der Waals surface area contributed by atoms with Crippen molar-refractivity contribution in [3.05, 3.63) is 0 Å². The van der Waals surface area contributed by atoms with Crippen LogP contribution < -0.4 is 10.6 Å². The summed E-state index contributed by atoms with van der Waals surface area (Å²) in [6, 6.07) is 0.526. The number of aliphatic imine (C=N–C) groups is 1. The van der Waals surface area contributed by atoms with Gasteiger partial charge in [0.05, 0.1) is 0 Å². The Morgan fingerprint density at radius 2 is 1.81 bits per heavy atom. The van der Waals surface area contributed by atoms with Crippen LogP contribution in [0.15, 0.2) is 4.99 Å². The summed E-state index contributed by atoms with van der Waals surface area (Å²) in [5, 5.41) is 6.68. The minimum atomic E-state index is 0. The van der Waals surface area contributed by atoms with E-state index in [9.17, 15) is 4.79 Å². The number of nitrogens with zero attached hydrogens (tertiary/aromatic N) is 2. The molecule has 0 bridgehead atoms. The third kappa shape index (κ3) is 6.40. The van der Waals surface area contributed by atoms with Crippen LogP contribution in [0, 0.1) is 0 Å². The molecule has 2 rings (SSSR count). The maximum Gasteiger partial charge on any atom is 0.244 e. The minimum Gasteiger partial charge on any atom is -0.357 e. The van der Waals surface area contributed by atoms with Gasteiger partial charge in [0.15, 0.2) is 5.96 Å². The highest BCUT2D eigenvalue weighted by Gasteiger charge is 2.18. The molecule has 2 aliphatic rings. The molecule has 122 valence electrons. The van der Waals surface area contributed by atoms with Crippen LogP contribution in [-0.4, -0.2) is 49.0 Å². The lowest BCUT2D eigenvalue weighted by molar-refractivity contribution is -0.130. The van der Waals surface area contributed by atoms with Crippen molar-refractivity contribution in [2.75, 3.05) is 26.2 Å². The van der Waals surface area contributed by atoms with E-state index >= 15 is 0 Å². The van der Waals surface area contributed by atoms with Gasteiger partial charge in [0.25, 0.3) is 0 Å². The molecule has 5 nitrogen and oxygen atoms in total. The fraction of sp³-hybridized carbons (Fsp3) is 0.867. The SMILES string of the molecule is CCNC(=NCC(=O)N1CCCCC1)NC1CCCC1.I. The van der Waals surface area contributed by atoms with Crippen molar-refractivity contribution >= 4 is 35.8 Å². The zero-order chi connectivity index (χ0) is 14.2. The number of hydrogen-bond donors (Lipinski definition) is 2. The van der Waals surface area contributed by atoms with Crippen LogP contribution in [0.1, 0.15) is 51.9 Å². The van der Waals surface area contributed by atoms with Gasteiger partial charge in [-0.1, -0.05) is 12.8 Å². The topological polar surface area (TPSA) is 56.7 Å². The van der Waals surface area contributed by atoms with Gasteiger partial charge in [-0.05, 0) is 39.0 Å². The van der Waals surface area contributed by atoms with E-state index in [4.69, 9.17) is 0 Å². The standard InChI is InChI=1S/C15H28N4O.HI/c1-2-16-15(18-13-8-4-5-9-13)17-12-14(20)19-10-6-3-7-11-19;/h13H,2-12H2,1H3,(H2,16,17,18);1H. The first-order valence-corrected chi connectivity index (χ1v) is 8.12. The van der Waals surface area contributed by atoms with E-state index in [0.29, 0.717) is 6.04 Å². The Kier molecular flexibility index (Phi) is 9.03. The molecule has 0 aromatic heterocycles. The highest BCUT2D eigenvalue weighted by molar-refractivity contribution is 14.0. The van der Waals surface area contributed by atoms with Gasteiger partial charge in [0.1, 0.15) is 6.54 Å². The monoisotopic (exact) mass is 408 g/mol. The molecule has 1 heterocycles. The second-order valence-corrected chi connectivity index (χ2v) is 5.76. The van der Waals surface area contributed by atoms with Crippen LogP contribution in [0.5, 0.6) is 0 Å². The van der Waals surface area contributed by atoms with Gasteiger partial charge in [-0.2, -0.15) is 0 Å². The Morgan fingerprint density at radius 3 is 2.43 bits per heavy atom. The molecule has 0 unspecified atom stereocenters. The molecular formula is C15H29IN4O. The maximum absolute atomic E-state index is 12.1. The molecule has 1 aliphatic carbocycles. The largest absolute Gasteiger partial charge is 0.357 e. The Balaban J connectivity index is 0.00000220. The van der Waals surface area contributed by atoms with Crippen molar-refractivity contribution in [3.8, 4) is 0 Å². The third-order valence-electron chi connectivity index (χ3n) is 4.12. The normalized spacial score (nSPS) is 20.0. The Labute approximate surface area is 145 Å². The van der Waals surface area contributed by atoms with E-state index in [0.717, 1.165) is 38.4 Å². The van der Waals surface area contributed by atoms with Gasteiger partial charge in [0, 0.05) is 25.7 Å². The second-order valence-electron chi connectivity index (χ2n) is 5.76. The maximum atomic E-state index is 12.1. The summed E-state index contributed by atoms with van der Waals surface area (Å²) in [5.74, 6) is 0.957. The number of carbonyl (C=O) groups excluding carboxylic acids is 1. The molecule has 2 N–H and O–H groups in total. The van der Waals surface area contributed by atoms with Crippen molar-refractivity contribution in [1.82, 2.24) is 15.5 Å². The van der Waals surface area contributed by atoms with Crippen LogP contribution in [-0.2, 0) is 4.79 Å². The summed E-state index contributed by atoms with van der Waals surface area (Å²) in [7, 11) is 0. The second kappa shape index (κ2) is 10.2. The third-order valence-corrected chi connectivity index (χ3v) is 4.12. The molecule has 0 spiro atoms. The number of hydrogen-bond acceptors (Lipinski definition) is 2. The van der Waals surface area contributed by atoms with E-state index in [1.54, 1.807) is 0 Å². The summed E-state index contributed by atoms with van der Waals surface area (Å²) in [5.41, 5.74) is 0. The molecule has 1 aliphatic heterocycles. The quantitative estimate of drug-likeness (QED) is 0.426. The summed E-state index contributed by atoms with van der Waals surface area (Å²) in [6.07, 6.45) is 8.53. The number of rotatable bonds is 4. The fourth-order valence-corrected chi connectivity index (χ4v) is 2.97. The van der Waals surface area contributed by atoms with Crippen molar-refractivity contribution in [1.29, 1.82) is 0 Å². The van der Waals surface area contributed by atoms with Crippen molar-refractivity contribution in [2.45, 2.75) is 57.9 Å². The van der Waals surface area contributed by atoms with Crippen molar-refractivity contribution in [3.63, 3.8) is 0 Å². The number of amides is 1.